The first-order chi connectivity index (χ1) is 29.1. The van der Waals surface area contributed by atoms with Gasteiger partial charge < -0.3 is 9.13 Å². The topological polar surface area (TPSA) is 57.4 Å². The van der Waals surface area contributed by atoms with Crippen molar-refractivity contribution >= 4 is 43.6 Å². The molecule has 286 valence electrons. The summed E-state index contributed by atoms with van der Waals surface area (Å²) in [5.41, 5.74) is 9.31. The molecule has 0 bridgehead atoms. The fraction of sp³-hybridized carbons (Fsp3) is 0.0566. The van der Waals surface area contributed by atoms with Crippen molar-refractivity contribution in [3.05, 3.63) is 192 Å². The molecule has 0 saturated heterocycles. The van der Waals surface area contributed by atoms with Crippen molar-refractivity contribution in [2.75, 3.05) is 0 Å². The van der Waals surface area contributed by atoms with Crippen LogP contribution in [0.2, 0.25) is 0 Å². The molecule has 0 fully saturated rings. The maximum absolute atomic E-state index is 15.0. The highest BCUT2D eigenvalue weighted by atomic mass is 19.4. The van der Waals surface area contributed by atoms with Crippen LogP contribution in [0.25, 0.3) is 88.4 Å². The molecule has 0 atom stereocenters. The lowest BCUT2D eigenvalue weighted by Gasteiger charge is -2.21. The van der Waals surface area contributed by atoms with Crippen molar-refractivity contribution < 1.29 is 13.2 Å². The Balaban J connectivity index is 1.39. The predicted octanol–water partition coefficient (Wildman–Crippen LogP) is 14.3. The number of hydrogen-bond acceptors (Lipinski definition) is 2. The van der Waals surface area contributed by atoms with E-state index in [0.29, 0.717) is 11.4 Å². The molecule has 2 aromatic heterocycles. The summed E-state index contributed by atoms with van der Waals surface area (Å²) in [7, 11) is 0. The summed E-state index contributed by atoms with van der Waals surface area (Å²) < 4.78 is 49.1. The Bertz CT molecular complexity index is 3480. The van der Waals surface area contributed by atoms with Gasteiger partial charge in [0.1, 0.15) is 0 Å². The molecule has 0 spiro atoms. The highest BCUT2D eigenvalue weighted by Crippen LogP contribution is 2.45. The lowest BCUT2D eigenvalue weighted by Crippen LogP contribution is -2.10. The Hall–Kier alpha value is -7.87. The third-order valence-electron chi connectivity index (χ3n) is 11.5. The van der Waals surface area contributed by atoms with Crippen LogP contribution in [-0.2, 0) is 6.18 Å². The number of nitrogens with zero attached hydrogens (tertiary/aromatic N) is 4. The van der Waals surface area contributed by atoms with Gasteiger partial charge in [0.25, 0.3) is 0 Å². The van der Waals surface area contributed by atoms with E-state index in [1.54, 1.807) is 12.1 Å². The molecule has 2 heterocycles. The molecule has 8 aromatic carbocycles. The number of hydrogen-bond donors (Lipinski definition) is 0. The molecule has 0 amide bonds. The van der Waals surface area contributed by atoms with E-state index >= 15 is 0 Å². The number of alkyl halides is 3. The first-order valence-corrected chi connectivity index (χ1v) is 19.5. The minimum atomic E-state index is -4.80. The van der Waals surface area contributed by atoms with Crippen LogP contribution in [0.3, 0.4) is 0 Å². The zero-order chi connectivity index (χ0) is 41.3. The first-order valence-electron chi connectivity index (χ1n) is 19.5. The van der Waals surface area contributed by atoms with Gasteiger partial charge in [-0.2, -0.15) is 23.7 Å². The van der Waals surface area contributed by atoms with Gasteiger partial charge >= 0.3 is 6.18 Å². The molecule has 0 aliphatic heterocycles. The van der Waals surface area contributed by atoms with Gasteiger partial charge in [-0.05, 0) is 84.6 Å². The SMILES string of the molecule is Cc1cccc(-c2ccc3c4ccccc4n(-c4cc(C#N)c(-c5c(C#N)cccc5C(F)(F)F)cc4-n4c5ccccc5c5ccc(-c6cccc(C)c6)cc54)c3c2)c1. The van der Waals surface area contributed by atoms with Gasteiger partial charge in [-0.1, -0.05) is 126 Å². The first kappa shape index (κ1) is 36.5. The van der Waals surface area contributed by atoms with E-state index in [-0.39, 0.29) is 22.3 Å². The molecular formula is C53H33F3N4. The molecule has 0 aliphatic carbocycles. The fourth-order valence-electron chi connectivity index (χ4n) is 8.87. The van der Waals surface area contributed by atoms with Crippen molar-refractivity contribution in [1.29, 1.82) is 10.5 Å². The predicted molar refractivity (Wildman–Crippen MR) is 235 cm³/mol. The molecule has 10 aromatic rings. The lowest BCUT2D eigenvalue weighted by atomic mass is 9.90. The minimum Gasteiger partial charge on any atom is -0.307 e. The highest BCUT2D eigenvalue weighted by molar-refractivity contribution is 6.13. The molecule has 0 saturated carbocycles. The molecule has 60 heavy (non-hydrogen) atoms. The minimum absolute atomic E-state index is 0.00365. The van der Waals surface area contributed by atoms with Crippen molar-refractivity contribution in [3.8, 4) is 56.9 Å². The quantitative estimate of drug-likeness (QED) is 0.175. The Morgan fingerprint density at radius 1 is 0.433 bits per heavy atom. The van der Waals surface area contributed by atoms with Crippen LogP contribution >= 0.6 is 0 Å². The summed E-state index contributed by atoms with van der Waals surface area (Å²) in [6, 6.07) is 56.4. The summed E-state index contributed by atoms with van der Waals surface area (Å²) in [5, 5.41) is 25.1. The van der Waals surface area contributed by atoms with Gasteiger partial charge in [0, 0.05) is 32.7 Å². The summed E-state index contributed by atoms with van der Waals surface area (Å²) in [5.74, 6) is 0. The van der Waals surface area contributed by atoms with E-state index in [9.17, 15) is 23.7 Å². The average Bonchev–Trinajstić information content (AvgIpc) is 3.77. The second kappa shape index (κ2) is 13.9. The van der Waals surface area contributed by atoms with E-state index in [1.165, 1.54) is 12.1 Å². The van der Waals surface area contributed by atoms with Crippen molar-refractivity contribution in [2.45, 2.75) is 20.0 Å². The van der Waals surface area contributed by atoms with Gasteiger partial charge in [-0.25, -0.2) is 0 Å². The number of rotatable bonds is 5. The summed E-state index contributed by atoms with van der Waals surface area (Å²) in [6.07, 6.45) is -4.80. The maximum atomic E-state index is 15.0. The van der Waals surface area contributed by atoms with Crippen LogP contribution in [0, 0.1) is 36.5 Å². The summed E-state index contributed by atoms with van der Waals surface area (Å²) in [4.78, 5) is 0. The Morgan fingerprint density at radius 3 is 1.40 bits per heavy atom. The lowest BCUT2D eigenvalue weighted by molar-refractivity contribution is -0.137. The molecule has 0 unspecified atom stereocenters. The average molecular weight is 783 g/mol. The van der Waals surface area contributed by atoms with Gasteiger partial charge in [0.2, 0.25) is 0 Å². The van der Waals surface area contributed by atoms with Crippen LogP contribution in [0.1, 0.15) is 27.8 Å². The van der Waals surface area contributed by atoms with E-state index < -0.39 is 11.7 Å². The number of aryl methyl sites for hydroxylation is 2. The summed E-state index contributed by atoms with van der Waals surface area (Å²) >= 11 is 0. The third kappa shape index (κ3) is 5.82. The van der Waals surface area contributed by atoms with Gasteiger partial charge in [0.15, 0.2) is 0 Å². The number of halogens is 3. The molecular weight excluding hydrogens is 750 g/mol. The number of fused-ring (bicyclic) bond motifs is 6. The molecule has 0 radical (unpaired) electrons. The molecule has 4 nitrogen and oxygen atoms in total. The van der Waals surface area contributed by atoms with Crippen molar-refractivity contribution in [1.82, 2.24) is 9.13 Å². The van der Waals surface area contributed by atoms with Crippen molar-refractivity contribution in [2.24, 2.45) is 0 Å². The van der Waals surface area contributed by atoms with Crippen LogP contribution in [0.5, 0.6) is 0 Å². The Kier molecular flexibility index (Phi) is 8.45. The van der Waals surface area contributed by atoms with Crippen LogP contribution in [-0.4, -0.2) is 9.13 Å². The number of nitriles is 2. The second-order valence-electron chi connectivity index (χ2n) is 15.2. The van der Waals surface area contributed by atoms with E-state index in [1.807, 2.05) is 73.7 Å². The maximum Gasteiger partial charge on any atom is 0.417 e. The fourth-order valence-corrected chi connectivity index (χ4v) is 8.87. The molecule has 0 aliphatic rings. The van der Waals surface area contributed by atoms with E-state index in [2.05, 4.69) is 94.9 Å². The number of aromatic nitrogens is 2. The van der Waals surface area contributed by atoms with Crippen molar-refractivity contribution in [3.63, 3.8) is 0 Å². The summed E-state index contributed by atoms with van der Waals surface area (Å²) in [6.45, 7) is 4.11. The second-order valence-corrected chi connectivity index (χ2v) is 15.2. The van der Waals surface area contributed by atoms with Crippen LogP contribution in [0.4, 0.5) is 13.2 Å². The van der Waals surface area contributed by atoms with Crippen LogP contribution in [0.15, 0.2) is 164 Å². The number of para-hydroxylation sites is 2. The van der Waals surface area contributed by atoms with Gasteiger partial charge in [-0.3, -0.25) is 0 Å². The largest absolute Gasteiger partial charge is 0.417 e. The highest BCUT2D eigenvalue weighted by Gasteiger charge is 2.36. The van der Waals surface area contributed by atoms with Gasteiger partial charge in [-0.15, -0.1) is 0 Å². The van der Waals surface area contributed by atoms with Crippen LogP contribution < -0.4 is 0 Å². The Labute approximate surface area is 343 Å². The van der Waals surface area contributed by atoms with E-state index in [4.69, 9.17) is 0 Å². The smallest absolute Gasteiger partial charge is 0.307 e. The third-order valence-corrected chi connectivity index (χ3v) is 11.5. The monoisotopic (exact) mass is 782 g/mol. The normalized spacial score (nSPS) is 11.7. The van der Waals surface area contributed by atoms with Gasteiger partial charge in [0.05, 0.1) is 62.3 Å². The molecule has 7 heteroatoms. The van der Waals surface area contributed by atoms with E-state index in [0.717, 1.165) is 83.1 Å². The standard InChI is InChI=1S/C53H33F3N4/c1-32-10-7-12-34(24-32)36-20-22-42-40-15-3-5-18-46(40)59(48(42)26-36)50-28-39(31-58)44(52-38(30-57)14-9-17-45(52)53(54,55)56)29-51(50)60-47-19-6-4-16-41(47)43-23-21-37(27-49(43)60)35-13-8-11-33(2)25-35/h3-29H,1-2H3. The Morgan fingerprint density at radius 2 is 0.900 bits per heavy atom. The zero-order valence-corrected chi connectivity index (χ0v) is 32.5. The molecule has 0 N–H and O–H groups in total. The number of benzene rings is 8. The molecule has 10 rings (SSSR count). The zero-order valence-electron chi connectivity index (χ0n) is 32.5.